The van der Waals surface area contributed by atoms with Crippen LogP contribution < -0.4 is 15.7 Å². The Morgan fingerprint density at radius 3 is 2.62 bits per heavy atom. The Morgan fingerprint density at radius 1 is 1.11 bits per heavy atom. The molecule has 0 bridgehead atoms. The van der Waals surface area contributed by atoms with E-state index in [0.717, 1.165) is 23.8 Å². The van der Waals surface area contributed by atoms with Gasteiger partial charge in [-0.25, -0.2) is 4.79 Å². The van der Waals surface area contributed by atoms with Gasteiger partial charge in [0.1, 0.15) is 22.5 Å². The zero-order chi connectivity index (χ0) is 26.7. The fraction of sp³-hybridized carbons (Fsp3) is 0.240. The molecule has 1 aromatic heterocycles. The summed E-state index contributed by atoms with van der Waals surface area (Å²) in [4.78, 5) is 73.2. The lowest BCUT2D eigenvalue weighted by Crippen LogP contribution is -2.32. The molecule has 0 saturated heterocycles. The van der Waals surface area contributed by atoms with Gasteiger partial charge in [0.2, 0.25) is 0 Å². The number of nitro groups is 1. The second-order valence-corrected chi connectivity index (χ2v) is 8.20. The van der Waals surface area contributed by atoms with Gasteiger partial charge in [0.15, 0.2) is 0 Å². The average Bonchev–Trinajstić information content (AvgIpc) is 3.11. The van der Waals surface area contributed by atoms with Crippen LogP contribution in [0.3, 0.4) is 0 Å². The predicted octanol–water partition coefficient (Wildman–Crippen LogP) is 2.82. The highest BCUT2D eigenvalue weighted by molar-refractivity contribution is 6.23. The van der Waals surface area contributed by atoms with Gasteiger partial charge in [-0.1, -0.05) is 19.4 Å². The maximum absolute atomic E-state index is 12.6. The molecule has 0 aliphatic carbocycles. The molecule has 0 saturated carbocycles. The Bertz CT molecular complexity index is 1510. The van der Waals surface area contributed by atoms with Crippen molar-refractivity contribution < 1.29 is 33.3 Å². The number of rotatable bonds is 9. The number of hydrogen-bond donors (Lipinski definition) is 1. The summed E-state index contributed by atoms with van der Waals surface area (Å²) in [6.45, 7) is 2.06. The van der Waals surface area contributed by atoms with E-state index in [2.05, 4.69) is 5.32 Å². The maximum atomic E-state index is 12.6. The highest BCUT2D eigenvalue weighted by atomic mass is 16.6. The summed E-state index contributed by atoms with van der Waals surface area (Å²) in [7, 11) is 0. The van der Waals surface area contributed by atoms with Crippen molar-refractivity contribution in [2.24, 2.45) is 0 Å². The van der Waals surface area contributed by atoms with E-state index < -0.39 is 39.9 Å². The third-order valence-corrected chi connectivity index (χ3v) is 5.71. The van der Waals surface area contributed by atoms with E-state index in [1.807, 2.05) is 6.92 Å². The monoisotopic (exact) mass is 507 g/mol. The van der Waals surface area contributed by atoms with Gasteiger partial charge in [-0.2, -0.15) is 0 Å². The number of hydrogen-bond acceptors (Lipinski definition) is 9. The summed E-state index contributed by atoms with van der Waals surface area (Å²) < 4.78 is 10.5. The van der Waals surface area contributed by atoms with Crippen molar-refractivity contribution in [3.8, 4) is 5.75 Å². The molecule has 0 fully saturated rings. The maximum Gasteiger partial charge on any atom is 0.349 e. The molecule has 0 spiro atoms. The number of nitro benzene ring substituents is 1. The second-order valence-electron chi connectivity index (χ2n) is 8.20. The van der Waals surface area contributed by atoms with E-state index in [1.165, 1.54) is 36.4 Å². The van der Waals surface area contributed by atoms with Crippen molar-refractivity contribution in [1.29, 1.82) is 0 Å². The van der Waals surface area contributed by atoms with Gasteiger partial charge >= 0.3 is 11.6 Å². The molecule has 1 aliphatic rings. The van der Waals surface area contributed by atoms with E-state index in [0.29, 0.717) is 11.9 Å². The molecule has 0 atom stereocenters. The topological polar surface area (TPSA) is 166 Å². The first-order valence-corrected chi connectivity index (χ1v) is 11.4. The first kappa shape index (κ1) is 25.2. The van der Waals surface area contributed by atoms with Gasteiger partial charge in [-0.3, -0.25) is 34.2 Å². The highest BCUT2D eigenvalue weighted by Gasteiger charge is 2.40. The van der Waals surface area contributed by atoms with Crippen molar-refractivity contribution in [2.45, 2.75) is 26.2 Å². The molecule has 190 valence electrons. The summed E-state index contributed by atoms with van der Waals surface area (Å²) in [5.74, 6) is -2.89. The van der Waals surface area contributed by atoms with Crippen LogP contribution in [0.15, 0.2) is 51.7 Å². The number of unbranched alkanes of at least 4 members (excludes halogenated alkanes) is 1. The summed E-state index contributed by atoms with van der Waals surface area (Å²) in [5.41, 5.74) is -1.79. The van der Waals surface area contributed by atoms with E-state index in [4.69, 9.17) is 9.15 Å². The van der Waals surface area contributed by atoms with Crippen LogP contribution in [0.1, 0.15) is 57.3 Å². The fourth-order valence-electron chi connectivity index (χ4n) is 3.84. The Morgan fingerprint density at radius 2 is 1.89 bits per heavy atom. The number of ether oxygens (including phenoxy) is 1. The number of nitrogens with zero attached hydrogens (tertiary/aromatic N) is 2. The lowest BCUT2D eigenvalue weighted by molar-refractivity contribution is -0.385. The number of imide groups is 1. The van der Waals surface area contributed by atoms with Crippen molar-refractivity contribution in [1.82, 2.24) is 10.2 Å². The Balaban J connectivity index is 1.42. The summed E-state index contributed by atoms with van der Waals surface area (Å²) in [6.07, 6.45) is 1.28. The molecule has 4 rings (SSSR count). The summed E-state index contributed by atoms with van der Waals surface area (Å²) >= 11 is 0. The van der Waals surface area contributed by atoms with Gasteiger partial charge in [-0.15, -0.1) is 0 Å². The zero-order valence-corrected chi connectivity index (χ0v) is 19.6. The molecule has 0 unspecified atom stereocenters. The van der Waals surface area contributed by atoms with Crippen LogP contribution in [0, 0.1) is 10.1 Å². The van der Waals surface area contributed by atoms with Crippen LogP contribution >= 0.6 is 0 Å². The van der Waals surface area contributed by atoms with Crippen LogP contribution in [-0.4, -0.2) is 46.6 Å². The normalized spacial score (nSPS) is 12.5. The molecule has 0 radical (unpaired) electrons. The van der Waals surface area contributed by atoms with E-state index in [1.54, 1.807) is 0 Å². The Kier molecular flexibility index (Phi) is 7.09. The molecule has 1 N–H and O–H groups in total. The van der Waals surface area contributed by atoms with Crippen molar-refractivity contribution in [3.63, 3.8) is 0 Å². The van der Waals surface area contributed by atoms with Crippen LogP contribution in [0.4, 0.5) is 5.69 Å². The smallest absolute Gasteiger partial charge is 0.349 e. The van der Waals surface area contributed by atoms with Crippen LogP contribution in [-0.2, 0) is 4.79 Å². The van der Waals surface area contributed by atoms with Gasteiger partial charge < -0.3 is 14.5 Å². The van der Waals surface area contributed by atoms with Gasteiger partial charge in [0.25, 0.3) is 23.4 Å². The zero-order valence-electron chi connectivity index (χ0n) is 19.6. The average molecular weight is 507 g/mol. The minimum absolute atomic E-state index is 0.0406. The number of carbonyl (C=O) groups excluding carboxylic acids is 4. The Labute approximate surface area is 209 Å². The third kappa shape index (κ3) is 5.08. The molecule has 37 heavy (non-hydrogen) atoms. The molecule has 12 heteroatoms. The number of benzene rings is 2. The second kappa shape index (κ2) is 10.4. The van der Waals surface area contributed by atoms with Crippen molar-refractivity contribution in [2.75, 3.05) is 13.1 Å². The number of esters is 1. The van der Waals surface area contributed by atoms with E-state index >= 15 is 0 Å². The highest BCUT2D eigenvalue weighted by Crippen LogP contribution is 2.31. The van der Waals surface area contributed by atoms with Gasteiger partial charge in [-0.05, 0) is 30.7 Å². The molecule has 2 heterocycles. The molecule has 3 amide bonds. The van der Waals surface area contributed by atoms with Crippen LogP contribution in [0.25, 0.3) is 11.0 Å². The lowest BCUT2D eigenvalue weighted by Gasteiger charge is -2.13. The molecule has 1 aliphatic heterocycles. The molecular weight excluding hydrogens is 486 g/mol. The molecule has 3 aromatic rings. The first-order valence-electron chi connectivity index (χ1n) is 11.4. The minimum Gasteiger partial charge on any atom is -0.426 e. The number of amides is 3. The predicted molar refractivity (Wildman–Crippen MR) is 128 cm³/mol. The lowest BCUT2D eigenvalue weighted by atomic mass is 10.1. The number of fused-ring (bicyclic) bond motifs is 2. The van der Waals surface area contributed by atoms with E-state index in [-0.39, 0.29) is 41.0 Å². The van der Waals surface area contributed by atoms with Crippen molar-refractivity contribution in [3.05, 3.63) is 79.7 Å². The van der Waals surface area contributed by atoms with Gasteiger partial charge in [0.05, 0.1) is 16.9 Å². The minimum atomic E-state index is -0.859. The summed E-state index contributed by atoms with van der Waals surface area (Å²) in [5, 5.41) is 14.3. The van der Waals surface area contributed by atoms with Gasteiger partial charge in [0, 0.05) is 30.6 Å². The standard InChI is InChI=1S/C25H21N3O9/c1-2-3-10-26-22(30)17-12-14-7-8-15(13-19(14)37-25(17)33)36-20(29)9-11-27-23(31)16-5-4-6-18(28(34)35)21(16)24(27)32/h4-8,12-13H,2-3,9-11H2,1H3,(H,26,30). The van der Waals surface area contributed by atoms with Crippen LogP contribution in [0.2, 0.25) is 0 Å². The SMILES string of the molecule is CCCCNC(=O)c1cc2ccc(OC(=O)CCN3C(=O)c4cccc([N+](=O)[O-])c4C3=O)cc2oc1=O. The fourth-order valence-corrected chi connectivity index (χ4v) is 3.84. The number of carbonyl (C=O) groups is 4. The molecule has 2 aromatic carbocycles. The first-order chi connectivity index (χ1) is 17.7. The largest absolute Gasteiger partial charge is 0.426 e. The Hall–Kier alpha value is -4.87. The summed E-state index contributed by atoms with van der Waals surface area (Å²) in [6, 6.07) is 9.37. The van der Waals surface area contributed by atoms with Crippen molar-refractivity contribution >= 4 is 40.3 Å². The van der Waals surface area contributed by atoms with E-state index in [9.17, 15) is 34.1 Å². The molecular formula is C25H21N3O9. The molecule has 12 nitrogen and oxygen atoms in total. The third-order valence-electron chi connectivity index (χ3n) is 5.71. The quantitative estimate of drug-likeness (QED) is 0.0871. The number of nitrogens with one attached hydrogen (secondary N) is 1. The van der Waals surface area contributed by atoms with Crippen LogP contribution in [0.5, 0.6) is 5.75 Å².